The molecule has 2 atom stereocenters. The molecule has 4 N–H and O–H groups in total. The Morgan fingerprint density at radius 3 is 2.90 bits per heavy atom. The summed E-state index contributed by atoms with van der Waals surface area (Å²) in [4.78, 5) is 2.33. The monoisotopic (exact) mass is 277 g/mol. The van der Waals surface area contributed by atoms with Crippen molar-refractivity contribution in [2.45, 2.75) is 26.0 Å². The number of hydrogen-bond donors (Lipinski definition) is 3. The first-order valence-corrected chi connectivity index (χ1v) is 6.93. The van der Waals surface area contributed by atoms with Gasteiger partial charge in [0.2, 0.25) is 0 Å². The maximum atomic E-state index is 9.63. The molecule has 2 rings (SSSR count). The molecule has 5 nitrogen and oxygen atoms in total. The number of aliphatic hydroxyl groups excluding tert-OH is 1. The lowest BCUT2D eigenvalue weighted by molar-refractivity contribution is 0.127. The molecule has 0 radical (unpaired) electrons. The summed E-state index contributed by atoms with van der Waals surface area (Å²) in [5.41, 5.74) is 7.28. The van der Waals surface area contributed by atoms with E-state index in [0.29, 0.717) is 17.2 Å². The molecule has 0 spiro atoms. The molecule has 1 heterocycles. The fraction of sp³-hybridized carbons (Fsp3) is 0.533. The second-order valence-corrected chi connectivity index (χ2v) is 5.47. The molecular formula is C15H23N3O2. The second-order valence-electron chi connectivity index (χ2n) is 5.47. The molecule has 1 aromatic carbocycles. The summed E-state index contributed by atoms with van der Waals surface area (Å²) in [6, 6.07) is 5.75. The van der Waals surface area contributed by atoms with E-state index in [4.69, 9.17) is 15.9 Å². The number of nitrogens with two attached hydrogens (primary N) is 1. The van der Waals surface area contributed by atoms with Crippen LogP contribution in [0.3, 0.4) is 0 Å². The molecular weight excluding hydrogens is 254 g/mol. The van der Waals surface area contributed by atoms with Crippen molar-refractivity contribution in [2.75, 3.05) is 20.2 Å². The van der Waals surface area contributed by atoms with Crippen molar-refractivity contribution >= 4 is 5.84 Å². The standard InChI is InChI=1S/C15H23N3O2/c1-10(19)12-5-6-18(9-12)8-11-3-4-13(15(16)17)14(7-11)20-2/h3-4,7,10,12,19H,5-6,8-9H2,1-2H3,(H3,16,17). The fourth-order valence-electron chi connectivity index (χ4n) is 2.71. The van der Waals surface area contributed by atoms with Crippen LogP contribution in [0.5, 0.6) is 5.75 Å². The van der Waals surface area contributed by atoms with Crippen molar-refractivity contribution in [1.29, 1.82) is 5.41 Å². The molecule has 20 heavy (non-hydrogen) atoms. The number of rotatable bonds is 5. The molecule has 1 aliphatic heterocycles. The zero-order chi connectivity index (χ0) is 14.7. The first kappa shape index (κ1) is 14.8. The second kappa shape index (κ2) is 6.24. The van der Waals surface area contributed by atoms with Crippen molar-refractivity contribution in [3.63, 3.8) is 0 Å². The summed E-state index contributed by atoms with van der Waals surface area (Å²) in [5, 5.41) is 17.1. The van der Waals surface area contributed by atoms with E-state index in [-0.39, 0.29) is 11.9 Å². The van der Waals surface area contributed by atoms with E-state index in [1.165, 1.54) is 0 Å². The highest BCUT2D eigenvalue weighted by molar-refractivity contribution is 5.97. The molecule has 1 aliphatic rings. The summed E-state index contributed by atoms with van der Waals surface area (Å²) < 4.78 is 5.29. The fourth-order valence-corrected chi connectivity index (χ4v) is 2.71. The zero-order valence-corrected chi connectivity index (χ0v) is 12.1. The number of likely N-dealkylation sites (tertiary alicyclic amines) is 1. The number of amidine groups is 1. The van der Waals surface area contributed by atoms with E-state index in [2.05, 4.69) is 4.90 Å². The first-order valence-electron chi connectivity index (χ1n) is 6.93. The highest BCUT2D eigenvalue weighted by atomic mass is 16.5. The van der Waals surface area contributed by atoms with Crippen molar-refractivity contribution < 1.29 is 9.84 Å². The first-order chi connectivity index (χ1) is 9.51. The van der Waals surface area contributed by atoms with Crippen LogP contribution in [0.15, 0.2) is 18.2 Å². The zero-order valence-electron chi connectivity index (χ0n) is 12.1. The van der Waals surface area contributed by atoms with Gasteiger partial charge in [0.15, 0.2) is 0 Å². The normalized spacial score (nSPS) is 20.9. The van der Waals surface area contributed by atoms with Gasteiger partial charge in [-0.1, -0.05) is 6.07 Å². The van der Waals surface area contributed by atoms with E-state index in [1.807, 2.05) is 25.1 Å². The van der Waals surface area contributed by atoms with Crippen LogP contribution in [0, 0.1) is 11.3 Å². The lowest BCUT2D eigenvalue weighted by Gasteiger charge is -2.18. The minimum Gasteiger partial charge on any atom is -0.496 e. The highest BCUT2D eigenvalue weighted by Gasteiger charge is 2.25. The average Bonchev–Trinajstić information content (AvgIpc) is 2.87. The number of nitrogens with zero attached hydrogens (tertiary/aromatic N) is 1. The molecule has 0 aromatic heterocycles. The van der Waals surface area contributed by atoms with Gasteiger partial charge in [-0.2, -0.15) is 0 Å². The predicted molar refractivity (Wildman–Crippen MR) is 79.1 cm³/mol. The Kier molecular flexibility index (Phi) is 4.62. The van der Waals surface area contributed by atoms with E-state index >= 15 is 0 Å². The lowest BCUT2D eigenvalue weighted by atomic mass is 10.0. The van der Waals surface area contributed by atoms with E-state index in [9.17, 15) is 5.11 Å². The third kappa shape index (κ3) is 3.29. The Hall–Kier alpha value is -1.59. The Bertz CT molecular complexity index is 488. The third-order valence-corrected chi connectivity index (χ3v) is 3.95. The van der Waals surface area contributed by atoms with Gasteiger partial charge >= 0.3 is 0 Å². The maximum Gasteiger partial charge on any atom is 0.130 e. The summed E-state index contributed by atoms with van der Waals surface area (Å²) in [5.74, 6) is 1.03. The van der Waals surface area contributed by atoms with Crippen molar-refractivity contribution in [2.24, 2.45) is 11.7 Å². The molecule has 0 aliphatic carbocycles. The van der Waals surface area contributed by atoms with Crippen LogP contribution in [-0.2, 0) is 6.54 Å². The topological polar surface area (TPSA) is 82.6 Å². The maximum absolute atomic E-state index is 9.63. The quantitative estimate of drug-likeness (QED) is 0.557. The van der Waals surface area contributed by atoms with Crippen LogP contribution in [-0.4, -0.2) is 42.1 Å². The van der Waals surface area contributed by atoms with Gasteiger partial charge in [-0.3, -0.25) is 10.3 Å². The molecule has 110 valence electrons. The van der Waals surface area contributed by atoms with Crippen LogP contribution in [0.4, 0.5) is 0 Å². The minimum atomic E-state index is -0.241. The molecule has 0 bridgehead atoms. The Labute approximate surface area is 119 Å². The Morgan fingerprint density at radius 1 is 1.60 bits per heavy atom. The largest absolute Gasteiger partial charge is 0.496 e. The molecule has 5 heteroatoms. The van der Waals surface area contributed by atoms with E-state index < -0.39 is 0 Å². The van der Waals surface area contributed by atoms with Gasteiger partial charge in [-0.05, 0) is 43.5 Å². The van der Waals surface area contributed by atoms with E-state index in [0.717, 1.165) is 31.6 Å². The van der Waals surface area contributed by atoms with Gasteiger partial charge in [0.1, 0.15) is 11.6 Å². The number of ether oxygens (including phenoxy) is 1. The molecule has 2 unspecified atom stereocenters. The van der Waals surface area contributed by atoms with E-state index in [1.54, 1.807) is 7.11 Å². The van der Waals surface area contributed by atoms with Crippen molar-refractivity contribution in [1.82, 2.24) is 4.90 Å². The summed E-state index contributed by atoms with van der Waals surface area (Å²) in [6.45, 7) is 4.62. The highest BCUT2D eigenvalue weighted by Crippen LogP contribution is 2.24. The smallest absolute Gasteiger partial charge is 0.130 e. The van der Waals surface area contributed by atoms with Gasteiger partial charge < -0.3 is 15.6 Å². The van der Waals surface area contributed by atoms with Crippen LogP contribution < -0.4 is 10.5 Å². The molecule has 1 aromatic rings. The number of nitrogen functional groups attached to an aromatic ring is 1. The summed E-state index contributed by atoms with van der Waals surface area (Å²) >= 11 is 0. The van der Waals surface area contributed by atoms with Crippen molar-refractivity contribution in [3.8, 4) is 5.75 Å². The summed E-state index contributed by atoms with van der Waals surface area (Å²) in [6.07, 6.45) is 0.801. The predicted octanol–water partition coefficient (Wildman–Crippen LogP) is 1.18. The number of nitrogens with one attached hydrogen (secondary N) is 1. The average molecular weight is 277 g/mol. The number of methoxy groups -OCH3 is 1. The van der Waals surface area contributed by atoms with Gasteiger partial charge in [-0.25, -0.2) is 0 Å². The summed E-state index contributed by atoms with van der Waals surface area (Å²) in [7, 11) is 1.59. The third-order valence-electron chi connectivity index (χ3n) is 3.95. The van der Waals surface area contributed by atoms with Crippen LogP contribution in [0.1, 0.15) is 24.5 Å². The van der Waals surface area contributed by atoms with Crippen LogP contribution in [0.2, 0.25) is 0 Å². The Balaban J connectivity index is 2.05. The van der Waals surface area contributed by atoms with Crippen LogP contribution >= 0.6 is 0 Å². The van der Waals surface area contributed by atoms with Crippen molar-refractivity contribution in [3.05, 3.63) is 29.3 Å². The SMILES string of the molecule is COc1cc(CN2CCC(C(C)O)C2)ccc1C(=N)N. The van der Waals surface area contributed by atoms with Gasteiger partial charge in [0, 0.05) is 13.1 Å². The molecule has 1 saturated heterocycles. The molecule has 0 saturated carbocycles. The van der Waals surface area contributed by atoms with Gasteiger partial charge in [0.05, 0.1) is 18.8 Å². The number of hydrogen-bond acceptors (Lipinski definition) is 4. The van der Waals surface area contributed by atoms with Gasteiger partial charge in [-0.15, -0.1) is 0 Å². The lowest BCUT2D eigenvalue weighted by Crippen LogP contribution is -2.24. The van der Waals surface area contributed by atoms with Gasteiger partial charge in [0.25, 0.3) is 0 Å². The van der Waals surface area contributed by atoms with Crippen LogP contribution in [0.25, 0.3) is 0 Å². The Morgan fingerprint density at radius 2 is 2.35 bits per heavy atom. The number of aliphatic hydroxyl groups is 1. The minimum absolute atomic E-state index is 0.0174. The number of benzene rings is 1. The molecule has 1 fully saturated rings. The molecule has 0 amide bonds.